The zero-order valence-corrected chi connectivity index (χ0v) is 11.8. The average molecular weight is 284 g/mol. The molecule has 0 aliphatic carbocycles. The second-order valence-electron chi connectivity index (χ2n) is 4.13. The van der Waals surface area contributed by atoms with Crippen LogP contribution in [0.1, 0.15) is 12.5 Å². The Bertz CT molecular complexity index is 581. The summed E-state index contributed by atoms with van der Waals surface area (Å²) in [6.07, 6.45) is 2.71. The number of benzene rings is 1. The monoisotopic (exact) mass is 283 g/mol. The highest BCUT2D eigenvalue weighted by molar-refractivity contribution is 5.96. The molecule has 1 aromatic carbocycles. The number of hydrogen-bond acceptors (Lipinski definition) is 3. The van der Waals surface area contributed by atoms with Gasteiger partial charge in [0.25, 0.3) is 0 Å². The second-order valence-corrected chi connectivity index (χ2v) is 4.13. The zero-order chi connectivity index (χ0) is 13.1. The highest BCUT2D eigenvalue weighted by Gasteiger charge is 2.10. The molecule has 0 fully saturated rings. The second kappa shape index (κ2) is 6.45. The smallest absolute Gasteiger partial charge is 0.221 e. The lowest BCUT2D eigenvalue weighted by Crippen LogP contribution is -2.06. The molecule has 2 rings (SSSR count). The highest BCUT2D eigenvalue weighted by atomic mass is 35.5. The van der Waals surface area contributed by atoms with Crippen LogP contribution in [0.4, 0.5) is 5.69 Å². The minimum absolute atomic E-state index is 0. The fraction of sp³-hybridized carbons (Fsp3) is 0.308. The number of carbonyl (C=O) groups is 1. The number of fused-ring (bicyclic) bond motifs is 1. The molecule has 1 amide bonds. The van der Waals surface area contributed by atoms with Crippen molar-refractivity contribution in [1.29, 1.82) is 0 Å². The van der Waals surface area contributed by atoms with Crippen LogP contribution in [0, 0.1) is 0 Å². The van der Waals surface area contributed by atoms with Gasteiger partial charge < -0.3 is 20.8 Å². The topological polar surface area (TPSA) is 80.1 Å². The number of nitrogens with one attached hydrogen (secondary N) is 2. The molecule has 6 heteroatoms. The first-order valence-electron chi connectivity index (χ1n) is 5.81. The number of methoxy groups -OCH3 is 1. The Kier molecular flexibility index (Phi) is 5.20. The minimum atomic E-state index is -0.104. The molecule has 0 spiro atoms. The fourth-order valence-electron chi connectivity index (χ4n) is 2.05. The number of nitrogens with two attached hydrogens (primary N) is 1. The fourth-order valence-corrected chi connectivity index (χ4v) is 2.05. The summed E-state index contributed by atoms with van der Waals surface area (Å²) in [6.45, 7) is 2.06. The van der Waals surface area contributed by atoms with Crippen LogP contribution in [-0.2, 0) is 11.2 Å². The molecular weight excluding hydrogens is 266 g/mol. The largest absolute Gasteiger partial charge is 0.494 e. The number of ether oxygens (including phenoxy) is 1. The predicted octanol–water partition coefficient (Wildman–Crippen LogP) is 2.06. The number of carbonyl (C=O) groups excluding carboxylic acids is 1. The quantitative estimate of drug-likeness (QED) is 0.803. The summed E-state index contributed by atoms with van der Waals surface area (Å²) < 4.78 is 5.33. The molecule has 1 heterocycles. The molecule has 0 saturated carbocycles. The van der Waals surface area contributed by atoms with Crippen molar-refractivity contribution in [3.63, 3.8) is 0 Å². The third-order valence-corrected chi connectivity index (χ3v) is 2.79. The number of rotatable bonds is 4. The molecule has 4 N–H and O–H groups in total. The van der Waals surface area contributed by atoms with Crippen LogP contribution >= 0.6 is 12.4 Å². The first-order valence-corrected chi connectivity index (χ1v) is 5.81. The Balaban J connectivity index is 0.00000180. The molecule has 2 aromatic rings. The number of aromatic nitrogens is 1. The lowest BCUT2D eigenvalue weighted by Gasteiger charge is -2.08. The van der Waals surface area contributed by atoms with Crippen molar-refractivity contribution in [3.8, 4) is 5.75 Å². The first kappa shape index (κ1) is 15.3. The first-order chi connectivity index (χ1) is 8.65. The Hall–Kier alpha value is -1.72. The summed E-state index contributed by atoms with van der Waals surface area (Å²) in [5.74, 6) is 0.604. The number of H-pyrrole nitrogens is 1. The predicted molar refractivity (Wildman–Crippen MR) is 79.2 cm³/mol. The Morgan fingerprint density at radius 2 is 2.21 bits per heavy atom. The van der Waals surface area contributed by atoms with E-state index >= 15 is 0 Å². The number of anilines is 1. The molecular formula is C13H18ClN3O2. The van der Waals surface area contributed by atoms with Crippen LogP contribution in [0.25, 0.3) is 10.9 Å². The standard InChI is InChI=1S/C13H17N3O2.ClH/c1-8(17)16-10-5-11-9(3-4-14)7-15-13(11)12(6-10)18-2;/h5-7,15H,3-4,14H2,1-2H3,(H,16,17);1H. The summed E-state index contributed by atoms with van der Waals surface area (Å²) in [4.78, 5) is 14.3. The molecule has 1 aromatic heterocycles. The molecule has 19 heavy (non-hydrogen) atoms. The van der Waals surface area contributed by atoms with Crippen LogP contribution in [0.5, 0.6) is 5.75 Å². The van der Waals surface area contributed by atoms with Gasteiger partial charge in [-0.15, -0.1) is 12.4 Å². The van der Waals surface area contributed by atoms with Crippen LogP contribution in [-0.4, -0.2) is 24.5 Å². The number of hydrogen-bond donors (Lipinski definition) is 3. The van der Waals surface area contributed by atoms with Gasteiger partial charge in [0.2, 0.25) is 5.91 Å². The van der Waals surface area contributed by atoms with Gasteiger partial charge in [0.15, 0.2) is 0 Å². The Labute approximate surface area is 117 Å². The third kappa shape index (κ3) is 3.19. The van der Waals surface area contributed by atoms with E-state index in [1.165, 1.54) is 6.92 Å². The Morgan fingerprint density at radius 1 is 1.47 bits per heavy atom. The van der Waals surface area contributed by atoms with Crippen LogP contribution in [0.2, 0.25) is 0 Å². The van der Waals surface area contributed by atoms with E-state index in [1.54, 1.807) is 13.2 Å². The van der Waals surface area contributed by atoms with Gasteiger partial charge in [0.1, 0.15) is 5.75 Å². The summed E-state index contributed by atoms with van der Waals surface area (Å²) in [5, 5.41) is 3.80. The van der Waals surface area contributed by atoms with Gasteiger partial charge in [0, 0.05) is 30.3 Å². The van der Waals surface area contributed by atoms with Gasteiger partial charge in [-0.1, -0.05) is 0 Å². The maximum atomic E-state index is 11.1. The molecule has 0 atom stereocenters. The normalized spacial score (nSPS) is 10.1. The van der Waals surface area contributed by atoms with Gasteiger partial charge >= 0.3 is 0 Å². The van der Waals surface area contributed by atoms with E-state index in [4.69, 9.17) is 10.5 Å². The molecule has 104 valence electrons. The summed E-state index contributed by atoms with van der Waals surface area (Å²) in [7, 11) is 1.61. The van der Waals surface area contributed by atoms with E-state index in [1.807, 2.05) is 12.3 Å². The van der Waals surface area contributed by atoms with E-state index in [2.05, 4.69) is 10.3 Å². The van der Waals surface area contributed by atoms with Gasteiger partial charge in [-0.3, -0.25) is 4.79 Å². The maximum Gasteiger partial charge on any atom is 0.221 e. The van der Waals surface area contributed by atoms with Gasteiger partial charge in [-0.2, -0.15) is 0 Å². The molecule has 0 saturated heterocycles. The lowest BCUT2D eigenvalue weighted by molar-refractivity contribution is -0.114. The molecule has 0 unspecified atom stereocenters. The van der Waals surface area contributed by atoms with E-state index in [-0.39, 0.29) is 18.3 Å². The summed E-state index contributed by atoms with van der Waals surface area (Å²) in [5.41, 5.74) is 8.36. The van der Waals surface area contributed by atoms with Crippen molar-refractivity contribution in [2.24, 2.45) is 5.73 Å². The molecule has 0 aliphatic heterocycles. The van der Waals surface area contributed by atoms with E-state index in [0.717, 1.165) is 28.6 Å². The average Bonchev–Trinajstić information content (AvgIpc) is 2.71. The number of amides is 1. The summed E-state index contributed by atoms with van der Waals surface area (Å²) >= 11 is 0. The SMILES string of the molecule is COc1cc(NC(C)=O)cc2c(CCN)c[nH]c12.Cl. The van der Waals surface area contributed by atoms with Crippen molar-refractivity contribution in [1.82, 2.24) is 4.98 Å². The van der Waals surface area contributed by atoms with Crippen molar-refractivity contribution >= 4 is 34.9 Å². The van der Waals surface area contributed by atoms with Crippen LogP contribution < -0.4 is 15.8 Å². The van der Waals surface area contributed by atoms with Crippen molar-refractivity contribution in [2.45, 2.75) is 13.3 Å². The highest BCUT2D eigenvalue weighted by Crippen LogP contribution is 2.31. The number of halogens is 1. The molecule has 0 bridgehead atoms. The van der Waals surface area contributed by atoms with Gasteiger partial charge in [-0.25, -0.2) is 0 Å². The van der Waals surface area contributed by atoms with E-state index in [9.17, 15) is 4.79 Å². The van der Waals surface area contributed by atoms with Crippen LogP contribution in [0.15, 0.2) is 18.3 Å². The van der Waals surface area contributed by atoms with Gasteiger partial charge in [0.05, 0.1) is 12.6 Å². The minimum Gasteiger partial charge on any atom is -0.494 e. The van der Waals surface area contributed by atoms with Crippen molar-refractivity contribution in [3.05, 3.63) is 23.9 Å². The Morgan fingerprint density at radius 3 is 2.79 bits per heavy atom. The molecule has 0 aliphatic rings. The molecule has 0 radical (unpaired) electrons. The van der Waals surface area contributed by atoms with Crippen LogP contribution in [0.3, 0.4) is 0 Å². The summed E-state index contributed by atoms with van der Waals surface area (Å²) in [6, 6.07) is 3.73. The van der Waals surface area contributed by atoms with E-state index < -0.39 is 0 Å². The molecule has 5 nitrogen and oxygen atoms in total. The van der Waals surface area contributed by atoms with E-state index in [0.29, 0.717) is 12.3 Å². The third-order valence-electron chi connectivity index (χ3n) is 2.79. The van der Waals surface area contributed by atoms with Crippen molar-refractivity contribution < 1.29 is 9.53 Å². The van der Waals surface area contributed by atoms with Gasteiger partial charge in [-0.05, 0) is 24.6 Å². The lowest BCUT2D eigenvalue weighted by atomic mass is 10.1. The zero-order valence-electron chi connectivity index (χ0n) is 10.9. The maximum absolute atomic E-state index is 11.1. The van der Waals surface area contributed by atoms with Crippen molar-refractivity contribution in [2.75, 3.05) is 19.0 Å². The number of aromatic amines is 1.